The summed E-state index contributed by atoms with van der Waals surface area (Å²) < 4.78 is 5.47. The van der Waals surface area contributed by atoms with E-state index in [1.54, 1.807) is 5.57 Å². The summed E-state index contributed by atoms with van der Waals surface area (Å²) in [5.41, 5.74) is 1.70. The Bertz CT molecular complexity index is 303. The third-order valence-electron chi connectivity index (χ3n) is 4.54. The number of nitrogens with one attached hydrogen (secondary N) is 2. The van der Waals surface area contributed by atoms with Crippen molar-refractivity contribution in [3.8, 4) is 0 Å². The van der Waals surface area contributed by atoms with Crippen molar-refractivity contribution in [2.45, 2.75) is 45.3 Å². The van der Waals surface area contributed by atoms with E-state index in [0.717, 1.165) is 45.8 Å². The zero-order valence-corrected chi connectivity index (χ0v) is 12.7. The van der Waals surface area contributed by atoms with E-state index in [0.29, 0.717) is 6.17 Å². The fourth-order valence-electron chi connectivity index (χ4n) is 3.20. The van der Waals surface area contributed by atoms with Crippen molar-refractivity contribution in [1.82, 2.24) is 15.5 Å². The van der Waals surface area contributed by atoms with Crippen LogP contribution in [0, 0.1) is 0 Å². The van der Waals surface area contributed by atoms with E-state index in [9.17, 15) is 0 Å². The SMILES string of the molecule is C/C=C(\CCC1NCCN1)C(C)(C)N1CCOCC1. The number of allylic oxidation sites excluding steroid dienone is 1. The maximum absolute atomic E-state index is 5.47. The van der Waals surface area contributed by atoms with E-state index in [4.69, 9.17) is 4.74 Å². The number of nitrogens with zero attached hydrogens (tertiary/aromatic N) is 1. The molecular weight excluding hydrogens is 238 g/mol. The Morgan fingerprint density at radius 1 is 1.26 bits per heavy atom. The van der Waals surface area contributed by atoms with Crippen LogP contribution in [0.1, 0.15) is 33.6 Å². The maximum Gasteiger partial charge on any atom is 0.0594 e. The Kier molecular flexibility index (Phi) is 5.39. The molecule has 2 N–H and O–H groups in total. The highest BCUT2D eigenvalue weighted by Crippen LogP contribution is 2.28. The molecule has 2 rings (SSSR count). The van der Waals surface area contributed by atoms with Crippen molar-refractivity contribution < 1.29 is 4.74 Å². The normalized spacial score (nSPS) is 24.1. The molecule has 2 aliphatic rings. The second-order valence-electron chi connectivity index (χ2n) is 5.97. The molecule has 0 spiro atoms. The third kappa shape index (κ3) is 3.78. The Balaban J connectivity index is 1.90. The molecule has 4 nitrogen and oxygen atoms in total. The van der Waals surface area contributed by atoms with Gasteiger partial charge >= 0.3 is 0 Å². The van der Waals surface area contributed by atoms with E-state index in [-0.39, 0.29) is 5.54 Å². The van der Waals surface area contributed by atoms with Crippen LogP contribution < -0.4 is 10.6 Å². The van der Waals surface area contributed by atoms with Gasteiger partial charge < -0.3 is 15.4 Å². The lowest BCUT2D eigenvalue weighted by Gasteiger charge is -2.43. The zero-order valence-electron chi connectivity index (χ0n) is 12.7. The standard InChI is InChI=1S/C15H29N3O/c1-4-13(5-6-14-16-7-8-17-14)15(2,3)18-9-11-19-12-10-18/h4,14,16-17H,5-12H2,1-3H3/b13-4+. The van der Waals surface area contributed by atoms with Crippen molar-refractivity contribution in [3.05, 3.63) is 11.6 Å². The van der Waals surface area contributed by atoms with Gasteiger partial charge in [-0.15, -0.1) is 0 Å². The summed E-state index contributed by atoms with van der Waals surface area (Å²) in [6.45, 7) is 12.9. The quantitative estimate of drug-likeness (QED) is 0.737. The van der Waals surface area contributed by atoms with Crippen LogP contribution >= 0.6 is 0 Å². The molecule has 2 fully saturated rings. The largest absolute Gasteiger partial charge is 0.379 e. The lowest BCUT2D eigenvalue weighted by molar-refractivity contribution is 0.000390. The molecule has 0 unspecified atom stereocenters. The first-order valence-electron chi connectivity index (χ1n) is 7.60. The molecule has 2 saturated heterocycles. The van der Waals surface area contributed by atoms with Crippen molar-refractivity contribution in [2.24, 2.45) is 0 Å². The molecule has 0 aromatic rings. The molecule has 0 saturated carbocycles. The summed E-state index contributed by atoms with van der Waals surface area (Å²) in [5, 5.41) is 6.99. The minimum atomic E-state index is 0.150. The van der Waals surface area contributed by atoms with Crippen LogP contribution in [0.5, 0.6) is 0 Å². The number of hydrogen-bond acceptors (Lipinski definition) is 4. The molecule has 19 heavy (non-hydrogen) atoms. The van der Waals surface area contributed by atoms with Crippen LogP contribution in [0.2, 0.25) is 0 Å². The number of rotatable bonds is 5. The first-order valence-corrected chi connectivity index (χ1v) is 7.60. The average Bonchev–Trinajstić information content (AvgIpc) is 2.93. The monoisotopic (exact) mass is 267 g/mol. The lowest BCUT2D eigenvalue weighted by Crippen LogP contribution is -2.51. The molecule has 0 radical (unpaired) electrons. The molecular formula is C15H29N3O. The summed E-state index contributed by atoms with van der Waals surface area (Å²) in [7, 11) is 0. The molecule has 0 atom stereocenters. The summed E-state index contributed by atoms with van der Waals surface area (Å²) in [5.74, 6) is 0. The number of ether oxygens (including phenoxy) is 1. The number of morpholine rings is 1. The van der Waals surface area contributed by atoms with Crippen LogP contribution in [0.4, 0.5) is 0 Å². The highest BCUT2D eigenvalue weighted by Gasteiger charge is 2.31. The third-order valence-corrected chi connectivity index (χ3v) is 4.54. The highest BCUT2D eigenvalue weighted by atomic mass is 16.5. The van der Waals surface area contributed by atoms with Gasteiger partial charge in [0.2, 0.25) is 0 Å². The molecule has 4 heteroatoms. The average molecular weight is 267 g/mol. The molecule has 0 aromatic carbocycles. The van der Waals surface area contributed by atoms with Crippen molar-refractivity contribution in [3.63, 3.8) is 0 Å². The van der Waals surface area contributed by atoms with Gasteiger partial charge in [-0.2, -0.15) is 0 Å². The zero-order chi connectivity index (χ0) is 13.7. The number of hydrogen-bond donors (Lipinski definition) is 2. The predicted molar refractivity (Wildman–Crippen MR) is 79.3 cm³/mol. The van der Waals surface area contributed by atoms with Gasteiger partial charge in [0.15, 0.2) is 0 Å². The van der Waals surface area contributed by atoms with Crippen molar-refractivity contribution >= 4 is 0 Å². The van der Waals surface area contributed by atoms with E-state index < -0.39 is 0 Å². The molecule has 0 aromatic heterocycles. The molecule has 0 aliphatic carbocycles. The van der Waals surface area contributed by atoms with E-state index in [1.165, 1.54) is 6.42 Å². The summed E-state index contributed by atoms with van der Waals surface area (Å²) >= 11 is 0. The molecule has 2 heterocycles. The minimum absolute atomic E-state index is 0.150. The second-order valence-corrected chi connectivity index (χ2v) is 5.97. The highest BCUT2D eigenvalue weighted by molar-refractivity contribution is 5.17. The van der Waals surface area contributed by atoms with Gasteiger partial charge in [-0.05, 0) is 33.6 Å². The Morgan fingerprint density at radius 2 is 1.89 bits per heavy atom. The molecule has 0 amide bonds. The molecule has 2 aliphatic heterocycles. The van der Waals surface area contributed by atoms with Gasteiger partial charge in [0.05, 0.1) is 19.4 Å². The van der Waals surface area contributed by atoms with Crippen LogP contribution in [-0.4, -0.2) is 56.0 Å². The van der Waals surface area contributed by atoms with E-state index >= 15 is 0 Å². The van der Waals surface area contributed by atoms with Crippen molar-refractivity contribution in [2.75, 3.05) is 39.4 Å². The van der Waals surface area contributed by atoms with Gasteiger partial charge in [-0.1, -0.05) is 11.6 Å². The van der Waals surface area contributed by atoms with Crippen LogP contribution in [0.25, 0.3) is 0 Å². The first-order chi connectivity index (χ1) is 9.14. The fraction of sp³-hybridized carbons (Fsp3) is 0.867. The van der Waals surface area contributed by atoms with Gasteiger partial charge in [0.25, 0.3) is 0 Å². The first kappa shape index (κ1) is 15.0. The Labute approximate surface area is 117 Å². The van der Waals surface area contributed by atoms with Crippen LogP contribution in [-0.2, 0) is 4.74 Å². The molecule has 0 bridgehead atoms. The van der Waals surface area contributed by atoms with Gasteiger partial charge in [0.1, 0.15) is 0 Å². The molecule has 110 valence electrons. The summed E-state index contributed by atoms with van der Waals surface area (Å²) in [6, 6.07) is 0. The lowest BCUT2D eigenvalue weighted by atomic mass is 9.87. The summed E-state index contributed by atoms with van der Waals surface area (Å²) in [6.07, 6.45) is 5.14. The predicted octanol–water partition coefficient (Wildman–Crippen LogP) is 1.34. The van der Waals surface area contributed by atoms with Gasteiger partial charge in [-0.25, -0.2) is 0 Å². The maximum atomic E-state index is 5.47. The van der Waals surface area contributed by atoms with Crippen LogP contribution in [0.15, 0.2) is 11.6 Å². The Morgan fingerprint density at radius 3 is 2.47 bits per heavy atom. The second kappa shape index (κ2) is 6.84. The van der Waals surface area contributed by atoms with Gasteiger partial charge in [0, 0.05) is 31.7 Å². The van der Waals surface area contributed by atoms with Gasteiger partial charge in [-0.3, -0.25) is 4.90 Å². The van der Waals surface area contributed by atoms with E-state index in [1.807, 2.05) is 0 Å². The van der Waals surface area contributed by atoms with Crippen LogP contribution in [0.3, 0.4) is 0 Å². The van der Waals surface area contributed by atoms with E-state index in [2.05, 4.69) is 42.4 Å². The minimum Gasteiger partial charge on any atom is -0.379 e. The fourth-order valence-corrected chi connectivity index (χ4v) is 3.20. The van der Waals surface area contributed by atoms with Crippen molar-refractivity contribution in [1.29, 1.82) is 0 Å². The summed E-state index contributed by atoms with van der Waals surface area (Å²) in [4.78, 5) is 2.56. The smallest absolute Gasteiger partial charge is 0.0594 e. The Hall–Kier alpha value is -0.420. The topological polar surface area (TPSA) is 36.5 Å².